The summed E-state index contributed by atoms with van der Waals surface area (Å²) in [7, 11) is 0. The highest BCUT2D eigenvalue weighted by atomic mass is 35.5. The van der Waals surface area contributed by atoms with Gasteiger partial charge in [-0.15, -0.1) is 0 Å². The number of aromatic nitrogens is 1. The maximum absolute atomic E-state index is 6.03. The number of hydrogen-bond acceptors (Lipinski definition) is 4. The van der Waals surface area contributed by atoms with Crippen LogP contribution in [-0.2, 0) is 0 Å². The van der Waals surface area contributed by atoms with Crippen molar-refractivity contribution >= 4 is 34.8 Å². The minimum Gasteiger partial charge on any atom is -0.368 e. The molecule has 1 aliphatic rings. The van der Waals surface area contributed by atoms with Gasteiger partial charge >= 0.3 is 0 Å². The summed E-state index contributed by atoms with van der Waals surface area (Å²) < 4.78 is 0. The molecule has 2 rings (SSSR count). The van der Waals surface area contributed by atoms with E-state index in [1.54, 1.807) is 6.07 Å². The number of rotatable bonds is 4. The van der Waals surface area contributed by atoms with Crippen molar-refractivity contribution in [2.45, 2.75) is 19.3 Å². The van der Waals surface area contributed by atoms with Gasteiger partial charge in [-0.3, -0.25) is 0 Å². The van der Waals surface area contributed by atoms with Gasteiger partial charge in [0.2, 0.25) is 0 Å². The third-order valence-corrected chi connectivity index (χ3v) is 3.43. The average Bonchev–Trinajstić information content (AvgIpc) is 2.18. The van der Waals surface area contributed by atoms with E-state index in [1.807, 2.05) is 0 Å². The van der Waals surface area contributed by atoms with E-state index >= 15 is 0 Å². The Kier molecular flexibility index (Phi) is 3.74. The van der Waals surface area contributed by atoms with Gasteiger partial charge < -0.3 is 10.7 Å². The molecular weight excluding hydrogens is 247 g/mol. The third-order valence-electron chi connectivity index (χ3n) is 2.85. The van der Waals surface area contributed by atoms with E-state index in [0.29, 0.717) is 21.7 Å². The van der Waals surface area contributed by atoms with E-state index < -0.39 is 0 Å². The molecule has 0 aliphatic heterocycles. The predicted molar refractivity (Wildman–Crippen MR) is 67.9 cm³/mol. The predicted octanol–water partition coefficient (Wildman–Crippen LogP) is 2.89. The summed E-state index contributed by atoms with van der Waals surface area (Å²) in [5.74, 6) is 7.10. The maximum atomic E-state index is 6.03. The number of hydrazine groups is 1. The summed E-state index contributed by atoms with van der Waals surface area (Å²) in [5, 5.41) is 4.15. The molecule has 1 fully saturated rings. The fraction of sp³-hybridized carbons (Fsp3) is 0.500. The summed E-state index contributed by atoms with van der Waals surface area (Å²) in [6.07, 6.45) is 3.88. The Hall–Kier alpha value is -0.710. The fourth-order valence-corrected chi connectivity index (χ4v) is 2.11. The van der Waals surface area contributed by atoms with Crippen LogP contribution in [0, 0.1) is 5.92 Å². The largest absolute Gasteiger partial charge is 0.368 e. The van der Waals surface area contributed by atoms with Gasteiger partial charge in [0.05, 0.1) is 10.0 Å². The molecule has 0 atom stereocenters. The summed E-state index contributed by atoms with van der Waals surface area (Å²) >= 11 is 11.9. The van der Waals surface area contributed by atoms with Crippen molar-refractivity contribution in [2.24, 2.45) is 11.8 Å². The van der Waals surface area contributed by atoms with Crippen molar-refractivity contribution in [3.8, 4) is 0 Å². The van der Waals surface area contributed by atoms with Crippen LogP contribution in [0.5, 0.6) is 0 Å². The van der Waals surface area contributed by atoms with E-state index in [-0.39, 0.29) is 0 Å². The number of nitrogen functional groups attached to an aromatic ring is 1. The number of hydrogen-bond donors (Lipinski definition) is 3. The zero-order valence-electron chi connectivity index (χ0n) is 8.76. The van der Waals surface area contributed by atoms with Gasteiger partial charge in [0.15, 0.2) is 5.82 Å². The average molecular weight is 261 g/mol. The molecule has 1 aliphatic carbocycles. The molecule has 4 nitrogen and oxygen atoms in total. The normalized spacial score (nSPS) is 15.7. The van der Waals surface area contributed by atoms with Gasteiger partial charge in [0, 0.05) is 6.54 Å². The maximum Gasteiger partial charge on any atom is 0.161 e. The number of nitrogens with zero attached hydrogens (tertiary/aromatic N) is 1. The first-order valence-corrected chi connectivity index (χ1v) is 6.03. The Balaban J connectivity index is 2.06. The highest BCUT2D eigenvalue weighted by Gasteiger charge is 2.18. The molecule has 1 saturated carbocycles. The topological polar surface area (TPSA) is 63.0 Å². The Bertz CT molecular complexity index is 379. The number of nitrogens with one attached hydrogen (secondary N) is 2. The Morgan fingerprint density at radius 1 is 1.31 bits per heavy atom. The van der Waals surface area contributed by atoms with Gasteiger partial charge in [-0.25, -0.2) is 10.8 Å². The zero-order chi connectivity index (χ0) is 11.5. The smallest absolute Gasteiger partial charge is 0.161 e. The first-order chi connectivity index (χ1) is 7.70. The molecule has 0 spiro atoms. The highest BCUT2D eigenvalue weighted by molar-refractivity contribution is 6.37. The van der Waals surface area contributed by atoms with Gasteiger partial charge in [0.25, 0.3) is 0 Å². The second-order valence-electron chi connectivity index (χ2n) is 3.97. The summed E-state index contributed by atoms with van der Waals surface area (Å²) in [4.78, 5) is 4.21. The standard InChI is InChI=1S/C10H14Cl2N4/c11-7-4-8(12)10(16-13)15-9(7)14-5-6-2-1-3-6/h4,6H,1-3,5,13H2,(H2,14,15,16). The van der Waals surface area contributed by atoms with Crippen LogP contribution in [-0.4, -0.2) is 11.5 Å². The van der Waals surface area contributed by atoms with Crippen molar-refractivity contribution < 1.29 is 0 Å². The SMILES string of the molecule is NNc1nc(NCC2CCC2)c(Cl)cc1Cl. The van der Waals surface area contributed by atoms with Gasteiger partial charge in [-0.2, -0.15) is 0 Å². The lowest BCUT2D eigenvalue weighted by atomic mass is 9.85. The third kappa shape index (κ3) is 2.51. The molecule has 16 heavy (non-hydrogen) atoms. The molecule has 88 valence electrons. The van der Waals surface area contributed by atoms with Crippen molar-refractivity contribution in [3.63, 3.8) is 0 Å². The van der Waals surface area contributed by atoms with Crippen LogP contribution >= 0.6 is 23.2 Å². The van der Waals surface area contributed by atoms with Gasteiger partial charge in [0.1, 0.15) is 5.82 Å². The van der Waals surface area contributed by atoms with E-state index in [4.69, 9.17) is 29.0 Å². The molecule has 0 saturated heterocycles. The molecule has 1 aromatic rings. The highest BCUT2D eigenvalue weighted by Crippen LogP contribution is 2.30. The number of halogens is 2. The van der Waals surface area contributed by atoms with Gasteiger partial charge in [-0.1, -0.05) is 29.6 Å². The molecule has 0 bridgehead atoms. The molecule has 6 heteroatoms. The monoisotopic (exact) mass is 260 g/mol. The fourth-order valence-electron chi connectivity index (χ4n) is 1.63. The molecular formula is C10H14Cl2N4. The lowest BCUT2D eigenvalue weighted by Gasteiger charge is -2.25. The van der Waals surface area contributed by atoms with Crippen LogP contribution in [0.15, 0.2) is 6.07 Å². The minimum atomic E-state index is 0.418. The second-order valence-corrected chi connectivity index (χ2v) is 4.79. The van der Waals surface area contributed by atoms with Crippen LogP contribution in [0.4, 0.5) is 11.6 Å². The van der Waals surface area contributed by atoms with Crippen LogP contribution in [0.2, 0.25) is 10.0 Å². The molecule has 1 heterocycles. The molecule has 0 amide bonds. The molecule has 1 aromatic heterocycles. The molecule has 4 N–H and O–H groups in total. The van der Waals surface area contributed by atoms with Crippen LogP contribution in [0.1, 0.15) is 19.3 Å². The van der Waals surface area contributed by atoms with Crippen LogP contribution < -0.4 is 16.6 Å². The number of anilines is 2. The van der Waals surface area contributed by atoms with Crippen LogP contribution in [0.25, 0.3) is 0 Å². The Morgan fingerprint density at radius 3 is 2.56 bits per heavy atom. The second kappa shape index (κ2) is 5.08. The quantitative estimate of drug-likeness (QED) is 0.576. The molecule has 0 aromatic carbocycles. The van der Waals surface area contributed by atoms with Gasteiger partial charge in [-0.05, 0) is 24.8 Å². The van der Waals surface area contributed by atoms with E-state index in [2.05, 4.69) is 15.7 Å². The van der Waals surface area contributed by atoms with Crippen molar-refractivity contribution in [2.75, 3.05) is 17.3 Å². The number of pyridine rings is 1. The zero-order valence-corrected chi connectivity index (χ0v) is 10.3. The van der Waals surface area contributed by atoms with Crippen molar-refractivity contribution in [1.82, 2.24) is 4.98 Å². The number of nitrogens with two attached hydrogens (primary N) is 1. The van der Waals surface area contributed by atoms with E-state index in [0.717, 1.165) is 12.5 Å². The lowest BCUT2D eigenvalue weighted by molar-refractivity contribution is 0.333. The van der Waals surface area contributed by atoms with Crippen molar-refractivity contribution in [3.05, 3.63) is 16.1 Å². The minimum absolute atomic E-state index is 0.418. The summed E-state index contributed by atoms with van der Waals surface area (Å²) in [6, 6.07) is 1.63. The lowest BCUT2D eigenvalue weighted by Crippen LogP contribution is -2.21. The summed E-state index contributed by atoms with van der Waals surface area (Å²) in [5.41, 5.74) is 2.44. The first-order valence-electron chi connectivity index (χ1n) is 5.27. The van der Waals surface area contributed by atoms with E-state index in [9.17, 15) is 0 Å². The van der Waals surface area contributed by atoms with Crippen LogP contribution in [0.3, 0.4) is 0 Å². The first kappa shape index (κ1) is 11.8. The Labute approximate surface area is 104 Å². The molecule has 0 unspecified atom stereocenters. The molecule has 0 radical (unpaired) electrons. The van der Waals surface area contributed by atoms with E-state index in [1.165, 1.54) is 19.3 Å². The Morgan fingerprint density at radius 2 is 2.00 bits per heavy atom. The summed E-state index contributed by atoms with van der Waals surface area (Å²) in [6.45, 7) is 0.901. The van der Waals surface area contributed by atoms with Crippen molar-refractivity contribution in [1.29, 1.82) is 0 Å².